The van der Waals surface area contributed by atoms with Crippen LogP contribution in [0.5, 0.6) is 0 Å². The lowest BCUT2D eigenvalue weighted by Gasteiger charge is -2.08. The summed E-state index contributed by atoms with van der Waals surface area (Å²) in [7, 11) is -2.90. The summed E-state index contributed by atoms with van der Waals surface area (Å²) in [5, 5.41) is 8.96. The van der Waals surface area contributed by atoms with Crippen LogP contribution in [0.4, 0.5) is 5.69 Å². The molecule has 21 heavy (non-hydrogen) atoms. The van der Waals surface area contributed by atoms with Crippen molar-refractivity contribution in [3.05, 3.63) is 41.0 Å². The van der Waals surface area contributed by atoms with Gasteiger partial charge < -0.3 is 4.74 Å². The Morgan fingerprint density at radius 2 is 2.14 bits per heavy atom. The number of rotatable bonds is 4. The number of hydrogen-bond donors (Lipinski definition) is 1. The smallest absolute Gasteiger partial charge is 0.358 e. The Labute approximate surface area is 124 Å². The summed E-state index contributed by atoms with van der Waals surface area (Å²) in [6.45, 7) is 0. The maximum absolute atomic E-state index is 12.3. The van der Waals surface area contributed by atoms with Crippen LogP contribution in [0.25, 0.3) is 0 Å². The highest BCUT2D eigenvalue weighted by atomic mass is 32.2. The molecule has 1 heterocycles. The van der Waals surface area contributed by atoms with Gasteiger partial charge in [-0.1, -0.05) is 12.1 Å². The van der Waals surface area contributed by atoms with Crippen molar-refractivity contribution in [1.82, 2.24) is 4.98 Å². The molecule has 0 aliphatic heterocycles. The third-order valence-corrected chi connectivity index (χ3v) is 5.18. The van der Waals surface area contributed by atoms with Crippen LogP contribution in [0.15, 0.2) is 34.0 Å². The normalized spacial score (nSPS) is 10.7. The number of nitriles is 1. The van der Waals surface area contributed by atoms with Gasteiger partial charge in [0.25, 0.3) is 10.0 Å². The number of anilines is 1. The Bertz CT molecular complexity index is 821. The van der Waals surface area contributed by atoms with E-state index in [1.54, 1.807) is 12.1 Å². The molecule has 0 spiro atoms. The molecule has 0 fully saturated rings. The molecule has 1 aromatic heterocycles. The first kappa shape index (κ1) is 15.0. The van der Waals surface area contributed by atoms with Gasteiger partial charge in [0.05, 0.1) is 23.9 Å². The fourth-order valence-corrected chi connectivity index (χ4v) is 3.73. The molecule has 1 N–H and O–H groups in total. The Hall–Kier alpha value is -2.44. The summed E-state index contributed by atoms with van der Waals surface area (Å²) in [4.78, 5) is 15.2. The molecule has 0 saturated heterocycles. The molecule has 7 nitrogen and oxygen atoms in total. The van der Waals surface area contributed by atoms with Gasteiger partial charge in [-0.3, -0.25) is 4.72 Å². The highest BCUT2D eigenvalue weighted by Gasteiger charge is 2.27. The van der Waals surface area contributed by atoms with Gasteiger partial charge in [0, 0.05) is 0 Å². The molecule has 2 aromatic rings. The second kappa shape index (κ2) is 5.90. The Morgan fingerprint density at radius 3 is 2.81 bits per heavy atom. The highest BCUT2D eigenvalue weighted by Crippen LogP contribution is 2.25. The van der Waals surface area contributed by atoms with Crippen LogP contribution in [0.1, 0.15) is 16.1 Å². The van der Waals surface area contributed by atoms with Crippen LogP contribution in [0, 0.1) is 11.3 Å². The molecule has 0 aliphatic rings. The monoisotopic (exact) mass is 323 g/mol. The average Bonchev–Trinajstić information content (AvgIpc) is 2.97. The number of thiazole rings is 1. The van der Waals surface area contributed by atoms with Crippen LogP contribution >= 0.6 is 11.3 Å². The van der Waals surface area contributed by atoms with E-state index < -0.39 is 16.0 Å². The summed E-state index contributed by atoms with van der Waals surface area (Å²) in [5.74, 6) is -0.842. The molecule has 0 amide bonds. The number of sulfonamides is 1. The van der Waals surface area contributed by atoms with Crippen molar-refractivity contribution in [3.63, 3.8) is 0 Å². The maximum Gasteiger partial charge on any atom is 0.358 e. The molecule has 108 valence electrons. The second-order valence-electron chi connectivity index (χ2n) is 3.74. The van der Waals surface area contributed by atoms with Crippen LogP contribution < -0.4 is 4.72 Å². The van der Waals surface area contributed by atoms with Crippen LogP contribution in [-0.2, 0) is 14.8 Å². The van der Waals surface area contributed by atoms with E-state index in [2.05, 4.69) is 14.4 Å². The summed E-state index contributed by atoms with van der Waals surface area (Å²) < 4.78 is 31.1. The topological polar surface area (TPSA) is 109 Å². The van der Waals surface area contributed by atoms with Gasteiger partial charge in [0.2, 0.25) is 0 Å². The molecule has 0 bridgehead atoms. The third kappa shape index (κ3) is 3.01. The van der Waals surface area contributed by atoms with Crippen molar-refractivity contribution in [2.45, 2.75) is 4.21 Å². The standard InChI is InChI=1S/C12H9N3O4S2/c1-19-11(16)10-12(20-7-14-10)21(17,18)15-9-5-3-2-4-8(9)6-13/h2-5,7,15H,1H3. The van der Waals surface area contributed by atoms with Gasteiger partial charge in [-0.05, 0) is 12.1 Å². The molecule has 0 radical (unpaired) electrons. The zero-order chi connectivity index (χ0) is 15.5. The third-order valence-electron chi connectivity index (χ3n) is 2.45. The zero-order valence-corrected chi connectivity index (χ0v) is 12.4. The predicted molar refractivity (Wildman–Crippen MR) is 75.4 cm³/mol. The molecule has 9 heteroatoms. The summed E-state index contributed by atoms with van der Waals surface area (Å²) in [6.07, 6.45) is 0. The molecule has 0 aliphatic carbocycles. The quantitative estimate of drug-likeness (QED) is 0.856. The number of nitrogens with one attached hydrogen (secondary N) is 1. The van der Waals surface area contributed by atoms with Crippen molar-refractivity contribution in [2.24, 2.45) is 0 Å². The number of esters is 1. The fraction of sp³-hybridized carbons (Fsp3) is 0.0833. The number of carbonyl (C=O) groups is 1. The number of benzene rings is 1. The van der Waals surface area contributed by atoms with Gasteiger partial charge in [-0.15, -0.1) is 11.3 Å². The van der Waals surface area contributed by atoms with Crippen LogP contribution in [-0.4, -0.2) is 26.5 Å². The van der Waals surface area contributed by atoms with E-state index in [0.717, 1.165) is 18.4 Å². The molecule has 2 rings (SSSR count). The number of aromatic nitrogens is 1. The van der Waals surface area contributed by atoms with Crippen molar-refractivity contribution in [1.29, 1.82) is 5.26 Å². The first-order valence-electron chi connectivity index (χ1n) is 5.53. The average molecular weight is 323 g/mol. The number of ether oxygens (including phenoxy) is 1. The number of methoxy groups -OCH3 is 1. The molecule has 0 atom stereocenters. The van der Waals surface area contributed by atoms with Crippen molar-refractivity contribution in [2.75, 3.05) is 11.8 Å². The minimum Gasteiger partial charge on any atom is -0.464 e. The minimum absolute atomic E-state index is 0.129. The SMILES string of the molecule is COC(=O)c1ncsc1S(=O)(=O)Nc1ccccc1C#N. The highest BCUT2D eigenvalue weighted by molar-refractivity contribution is 7.94. The van der Waals surface area contributed by atoms with Gasteiger partial charge >= 0.3 is 5.97 Å². The largest absolute Gasteiger partial charge is 0.464 e. The maximum atomic E-state index is 12.3. The number of hydrogen-bond acceptors (Lipinski definition) is 7. The lowest BCUT2D eigenvalue weighted by atomic mass is 10.2. The van der Waals surface area contributed by atoms with E-state index in [1.165, 1.54) is 17.6 Å². The summed E-state index contributed by atoms with van der Waals surface area (Å²) >= 11 is 0.788. The lowest BCUT2D eigenvalue weighted by molar-refractivity contribution is 0.0590. The van der Waals surface area contributed by atoms with Crippen LogP contribution in [0.2, 0.25) is 0 Å². The van der Waals surface area contributed by atoms with Gasteiger partial charge in [0.15, 0.2) is 9.90 Å². The van der Waals surface area contributed by atoms with E-state index in [-0.39, 0.29) is 21.2 Å². The number of para-hydroxylation sites is 1. The number of carbonyl (C=O) groups excluding carboxylic acids is 1. The van der Waals surface area contributed by atoms with E-state index in [4.69, 9.17) is 5.26 Å². The molecule has 1 aromatic carbocycles. The Morgan fingerprint density at radius 1 is 1.43 bits per heavy atom. The van der Waals surface area contributed by atoms with E-state index >= 15 is 0 Å². The molecule has 0 saturated carbocycles. The van der Waals surface area contributed by atoms with Gasteiger partial charge in [-0.25, -0.2) is 18.2 Å². The first-order chi connectivity index (χ1) is 9.99. The fourth-order valence-electron chi connectivity index (χ4n) is 1.52. The number of nitrogens with zero attached hydrogens (tertiary/aromatic N) is 2. The van der Waals surface area contributed by atoms with E-state index in [1.807, 2.05) is 6.07 Å². The van der Waals surface area contributed by atoms with Gasteiger partial charge in [0.1, 0.15) is 6.07 Å². The summed E-state index contributed by atoms with van der Waals surface area (Å²) in [6, 6.07) is 8.02. The zero-order valence-electron chi connectivity index (χ0n) is 10.7. The summed E-state index contributed by atoms with van der Waals surface area (Å²) in [5.41, 5.74) is 1.25. The van der Waals surface area contributed by atoms with Crippen molar-refractivity contribution >= 4 is 33.0 Å². The van der Waals surface area contributed by atoms with E-state index in [0.29, 0.717) is 0 Å². The molecular formula is C12H9N3O4S2. The minimum atomic E-state index is -4.03. The molecular weight excluding hydrogens is 314 g/mol. The lowest BCUT2D eigenvalue weighted by Crippen LogP contribution is -2.16. The first-order valence-corrected chi connectivity index (χ1v) is 7.89. The second-order valence-corrected chi connectivity index (χ2v) is 6.48. The van der Waals surface area contributed by atoms with Crippen molar-refractivity contribution < 1.29 is 17.9 Å². The molecule has 0 unspecified atom stereocenters. The van der Waals surface area contributed by atoms with E-state index in [9.17, 15) is 13.2 Å². The Kier molecular flexibility index (Phi) is 4.21. The van der Waals surface area contributed by atoms with Gasteiger partial charge in [-0.2, -0.15) is 5.26 Å². The Balaban J connectivity index is 2.43. The predicted octanol–water partition coefficient (Wildman–Crippen LogP) is 1.60. The van der Waals surface area contributed by atoms with Crippen molar-refractivity contribution in [3.8, 4) is 6.07 Å². The van der Waals surface area contributed by atoms with Crippen LogP contribution in [0.3, 0.4) is 0 Å².